The van der Waals surface area contributed by atoms with Gasteiger partial charge in [-0.2, -0.15) is 0 Å². The quantitative estimate of drug-likeness (QED) is 0.342. The summed E-state index contributed by atoms with van der Waals surface area (Å²) in [6, 6.07) is 0. The molecule has 6 nitrogen and oxygen atoms in total. The van der Waals surface area contributed by atoms with E-state index in [-0.39, 0.29) is 24.8 Å². The van der Waals surface area contributed by atoms with Crippen molar-refractivity contribution in [1.29, 1.82) is 0 Å². The Balaban J connectivity index is 0. The van der Waals surface area contributed by atoms with Crippen molar-refractivity contribution in [2.24, 2.45) is 0 Å². The highest BCUT2D eigenvalue weighted by Crippen LogP contribution is 2.22. The third-order valence-electron chi connectivity index (χ3n) is 4.51. The Kier molecular flexibility index (Phi) is 14.5. The lowest BCUT2D eigenvalue weighted by atomic mass is 9.81. The van der Waals surface area contributed by atoms with Gasteiger partial charge in [0.25, 0.3) is 0 Å². The molecule has 0 radical (unpaired) electrons. The van der Waals surface area contributed by atoms with E-state index < -0.39 is 18.6 Å². The third-order valence-corrected chi connectivity index (χ3v) is 4.51. The fourth-order valence-electron chi connectivity index (χ4n) is 2.98. The largest absolute Gasteiger partial charge is 0.480 e. The Bertz CT molecular complexity index is 321. The summed E-state index contributed by atoms with van der Waals surface area (Å²) in [5.41, 5.74) is -0.905. The molecule has 1 aliphatic heterocycles. The van der Waals surface area contributed by atoms with Gasteiger partial charge in [0.2, 0.25) is 0 Å². The zero-order valence-corrected chi connectivity index (χ0v) is 15.5. The van der Waals surface area contributed by atoms with Gasteiger partial charge in [0, 0.05) is 6.54 Å². The van der Waals surface area contributed by atoms with Crippen molar-refractivity contribution in [1.82, 2.24) is 10.2 Å². The lowest BCUT2D eigenvalue weighted by Gasteiger charge is -2.33. The standard InChI is InChI=1S/C14H29BN2O4.2ClH/c1-16-14(13(18)19,7-3-4-9-15(20)21)8-12-17-10-5-2-6-11-17;;/h16,20-21H,2-12H2,1H3,(H,18,19);2*1H/t14-;;/m1../s1. The molecular formula is C14H31BCl2N2O4. The number of nitrogens with one attached hydrogen (secondary N) is 1. The number of unbranched alkanes of at least 4 members (excludes halogenated alkanes) is 1. The number of hydrogen-bond acceptors (Lipinski definition) is 5. The predicted molar refractivity (Wildman–Crippen MR) is 97.7 cm³/mol. The van der Waals surface area contributed by atoms with Crippen LogP contribution in [0.25, 0.3) is 0 Å². The fourth-order valence-corrected chi connectivity index (χ4v) is 2.98. The molecule has 0 aliphatic carbocycles. The molecule has 9 heteroatoms. The molecule has 1 fully saturated rings. The molecule has 0 bridgehead atoms. The van der Waals surface area contributed by atoms with E-state index in [2.05, 4.69) is 10.2 Å². The van der Waals surface area contributed by atoms with Crippen LogP contribution in [-0.4, -0.2) is 65.4 Å². The van der Waals surface area contributed by atoms with E-state index in [1.165, 1.54) is 19.3 Å². The summed E-state index contributed by atoms with van der Waals surface area (Å²) in [4.78, 5) is 14.0. The zero-order valence-electron chi connectivity index (χ0n) is 13.9. The molecule has 1 atom stereocenters. The van der Waals surface area contributed by atoms with Crippen molar-refractivity contribution in [2.45, 2.75) is 56.8 Å². The van der Waals surface area contributed by atoms with Gasteiger partial charge in [-0.1, -0.05) is 19.3 Å². The highest BCUT2D eigenvalue weighted by atomic mass is 35.5. The molecule has 138 valence electrons. The second-order valence-electron chi connectivity index (χ2n) is 6.02. The highest BCUT2D eigenvalue weighted by molar-refractivity contribution is 6.40. The highest BCUT2D eigenvalue weighted by Gasteiger charge is 2.36. The number of likely N-dealkylation sites (N-methyl/N-ethyl adjacent to an activating group) is 1. The average molecular weight is 373 g/mol. The Morgan fingerprint density at radius 1 is 1.13 bits per heavy atom. The van der Waals surface area contributed by atoms with E-state index >= 15 is 0 Å². The number of carbonyl (C=O) groups is 1. The first kappa shape index (κ1) is 25.2. The summed E-state index contributed by atoms with van der Waals surface area (Å²) in [5.74, 6) is -0.813. The number of halogens is 2. The number of aliphatic carboxylic acids is 1. The lowest BCUT2D eigenvalue weighted by Crippen LogP contribution is -2.52. The first-order chi connectivity index (χ1) is 10.00. The molecule has 23 heavy (non-hydrogen) atoms. The van der Waals surface area contributed by atoms with Gasteiger partial charge in [0.05, 0.1) is 0 Å². The van der Waals surface area contributed by atoms with Gasteiger partial charge in [-0.05, 0) is 52.1 Å². The third kappa shape index (κ3) is 9.12. The molecule has 0 saturated carbocycles. The number of carboxylic acids is 1. The number of rotatable bonds is 10. The Morgan fingerprint density at radius 3 is 2.22 bits per heavy atom. The number of hydrogen-bond donors (Lipinski definition) is 4. The van der Waals surface area contributed by atoms with Crippen LogP contribution in [0.2, 0.25) is 6.32 Å². The van der Waals surface area contributed by atoms with Crippen LogP contribution in [-0.2, 0) is 4.79 Å². The minimum atomic E-state index is -1.30. The Hall–Kier alpha value is -0.0451. The molecule has 0 spiro atoms. The monoisotopic (exact) mass is 372 g/mol. The number of piperidine rings is 1. The van der Waals surface area contributed by atoms with Crippen LogP contribution >= 0.6 is 24.8 Å². The molecule has 0 aromatic rings. The van der Waals surface area contributed by atoms with Gasteiger partial charge in [0.1, 0.15) is 5.54 Å². The summed E-state index contributed by atoms with van der Waals surface area (Å²) in [7, 11) is 0.401. The van der Waals surface area contributed by atoms with Crippen LogP contribution in [0.4, 0.5) is 0 Å². The summed E-state index contributed by atoms with van der Waals surface area (Å²) >= 11 is 0. The van der Waals surface area contributed by atoms with Crippen LogP contribution in [0.15, 0.2) is 0 Å². The van der Waals surface area contributed by atoms with Crippen molar-refractivity contribution in [3.8, 4) is 0 Å². The fraction of sp³-hybridized carbons (Fsp3) is 0.929. The van der Waals surface area contributed by atoms with Crippen LogP contribution < -0.4 is 5.32 Å². The molecule has 1 aliphatic rings. The van der Waals surface area contributed by atoms with E-state index in [0.717, 1.165) is 19.6 Å². The van der Waals surface area contributed by atoms with E-state index in [4.69, 9.17) is 10.0 Å². The van der Waals surface area contributed by atoms with E-state index in [1.807, 2.05) is 0 Å². The van der Waals surface area contributed by atoms with Gasteiger partial charge in [-0.15, -0.1) is 24.8 Å². The smallest absolute Gasteiger partial charge is 0.451 e. The molecule has 0 aromatic heterocycles. The minimum Gasteiger partial charge on any atom is -0.480 e. The van der Waals surface area contributed by atoms with E-state index in [1.54, 1.807) is 7.05 Å². The maximum Gasteiger partial charge on any atom is 0.451 e. The van der Waals surface area contributed by atoms with Crippen LogP contribution in [0, 0.1) is 0 Å². The molecule has 1 heterocycles. The molecule has 0 amide bonds. The Morgan fingerprint density at radius 2 is 1.74 bits per heavy atom. The number of likely N-dealkylation sites (tertiary alicyclic amines) is 1. The molecule has 0 unspecified atom stereocenters. The molecule has 1 rings (SSSR count). The van der Waals surface area contributed by atoms with Gasteiger partial charge in [-0.3, -0.25) is 4.79 Å². The molecule has 4 N–H and O–H groups in total. The maximum atomic E-state index is 11.7. The van der Waals surface area contributed by atoms with Gasteiger partial charge >= 0.3 is 13.1 Å². The van der Waals surface area contributed by atoms with E-state index in [9.17, 15) is 9.90 Å². The van der Waals surface area contributed by atoms with Gasteiger partial charge < -0.3 is 25.4 Å². The van der Waals surface area contributed by atoms with Crippen molar-refractivity contribution in [3.63, 3.8) is 0 Å². The van der Waals surface area contributed by atoms with Crippen molar-refractivity contribution < 1.29 is 19.9 Å². The molecule has 1 saturated heterocycles. The van der Waals surface area contributed by atoms with Crippen LogP contribution in [0.1, 0.15) is 44.9 Å². The average Bonchev–Trinajstić information content (AvgIpc) is 2.47. The zero-order chi connectivity index (χ0) is 15.7. The second-order valence-corrected chi connectivity index (χ2v) is 6.02. The topological polar surface area (TPSA) is 93.0 Å². The number of nitrogens with zero attached hydrogens (tertiary/aromatic N) is 1. The van der Waals surface area contributed by atoms with Gasteiger partial charge in [0.15, 0.2) is 0 Å². The normalized spacial score (nSPS) is 17.5. The first-order valence-corrected chi connectivity index (χ1v) is 8.01. The maximum absolute atomic E-state index is 11.7. The summed E-state index contributed by atoms with van der Waals surface area (Å²) in [6.45, 7) is 2.93. The van der Waals surface area contributed by atoms with Crippen molar-refractivity contribution in [2.75, 3.05) is 26.7 Å². The second kappa shape index (κ2) is 13.3. The lowest BCUT2D eigenvalue weighted by molar-refractivity contribution is -0.145. The summed E-state index contributed by atoms with van der Waals surface area (Å²) in [6.07, 6.45) is 6.37. The molecular weight excluding hydrogens is 342 g/mol. The number of carboxylic acid groups (broad SMARTS) is 1. The van der Waals surface area contributed by atoms with Crippen LogP contribution in [0.3, 0.4) is 0 Å². The van der Waals surface area contributed by atoms with Gasteiger partial charge in [-0.25, -0.2) is 0 Å². The Labute approximate surface area is 152 Å². The summed E-state index contributed by atoms with van der Waals surface area (Å²) in [5, 5.41) is 30.3. The van der Waals surface area contributed by atoms with Crippen molar-refractivity contribution in [3.05, 3.63) is 0 Å². The van der Waals surface area contributed by atoms with Crippen LogP contribution in [0.5, 0.6) is 0 Å². The van der Waals surface area contributed by atoms with Crippen molar-refractivity contribution >= 4 is 37.9 Å². The molecule has 0 aromatic carbocycles. The predicted octanol–water partition coefficient (Wildman–Crippen LogP) is 1.39. The minimum absolute atomic E-state index is 0. The van der Waals surface area contributed by atoms with E-state index in [0.29, 0.717) is 32.0 Å². The first-order valence-electron chi connectivity index (χ1n) is 8.01. The summed E-state index contributed by atoms with van der Waals surface area (Å²) < 4.78 is 0. The SMILES string of the molecule is CN[C@](CCCCB(O)O)(CCN1CCCCC1)C(=O)O.Cl.Cl.